The molecule has 1 aromatic carbocycles. The molecule has 0 aliphatic rings. The van der Waals surface area contributed by atoms with E-state index in [1.54, 1.807) is 18.2 Å². The van der Waals surface area contributed by atoms with Crippen molar-refractivity contribution in [3.8, 4) is 0 Å². The van der Waals surface area contributed by atoms with Crippen LogP contribution in [0.2, 0.25) is 0 Å². The Morgan fingerprint density at radius 1 is 1.10 bits per heavy atom. The SMILES string of the molecule is O=C(NCc1ccc(C(=O)O)cc1)Nc1ncccn1. The highest BCUT2D eigenvalue weighted by molar-refractivity contribution is 5.88. The van der Waals surface area contributed by atoms with Crippen molar-refractivity contribution < 1.29 is 14.7 Å². The number of carbonyl (C=O) groups excluding carboxylic acids is 1. The molecule has 7 heteroatoms. The lowest BCUT2D eigenvalue weighted by Gasteiger charge is -2.06. The number of rotatable bonds is 4. The Morgan fingerprint density at radius 2 is 1.75 bits per heavy atom. The number of aromatic nitrogens is 2. The minimum atomic E-state index is -0.983. The summed E-state index contributed by atoms with van der Waals surface area (Å²) in [6, 6.07) is 7.46. The molecule has 0 bridgehead atoms. The summed E-state index contributed by atoms with van der Waals surface area (Å²) in [5, 5.41) is 13.9. The van der Waals surface area contributed by atoms with Crippen LogP contribution in [0.15, 0.2) is 42.7 Å². The third-order valence-corrected chi connectivity index (χ3v) is 2.45. The van der Waals surface area contributed by atoms with Gasteiger partial charge in [-0.3, -0.25) is 5.32 Å². The first-order valence-electron chi connectivity index (χ1n) is 5.79. The zero-order chi connectivity index (χ0) is 14.4. The highest BCUT2D eigenvalue weighted by atomic mass is 16.4. The summed E-state index contributed by atoms with van der Waals surface area (Å²) in [5.74, 6) is -0.769. The van der Waals surface area contributed by atoms with Crippen molar-refractivity contribution in [2.45, 2.75) is 6.54 Å². The van der Waals surface area contributed by atoms with Crippen LogP contribution in [0.25, 0.3) is 0 Å². The van der Waals surface area contributed by atoms with E-state index in [4.69, 9.17) is 5.11 Å². The predicted molar refractivity (Wildman–Crippen MR) is 71.3 cm³/mol. The summed E-state index contributed by atoms with van der Waals surface area (Å²) in [6.07, 6.45) is 3.04. The molecular formula is C13H12N4O3. The highest BCUT2D eigenvalue weighted by Crippen LogP contribution is 2.04. The number of aromatic carboxylic acids is 1. The van der Waals surface area contributed by atoms with E-state index in [0.29, 0.717) is 0 Å². The second kappa shape index (κ2) is 6.28. The average molecular weight is 272 g/mol. The molecule has 0 aliphatic heterocycles. The average Bonchev–Trinajstić information content (AvgIpc) is 2.46. The van der Waals surface area contributed by atoms with Gasteiger partial charge in [0.15, 0.2) is 0 Å². The summed E-state index contributed by atoms with van der Waals surface area (Å²) >= 11 is 0. The Morgan fingerprint density at radius 3 is 2.35 bits per heavy atom. The topological polar surface area (TPSA) is 104 Å². The number of carboxylic acids is 1. The lowest BCUT2D eigenvalue weighted by Crippen LogP contribution is -2.28. The molecule has 102 valence electrons. The number of benzene rings is 1. The van der Waals surface area contributed by atoms with Crippen molar-refractivity contribution in [3.05, 3.63) is 53.9 Å². The first-order chi connectivity index (χ1) is 9.65. The number of anilines is 1. The molecule has 7 nitrogen and oxygen atoms in total. The van der Waals surface area contributed by atoms with E-state index in [2.05, 4.69) is 20.6 Å². The van der Waals surface area contributed by atoms with Gasteiger partial charge in [-0.1, -0.05) is 12.1 Å². The van der Waals surface area contributed by atoms with Crippen LogP contribution < -0.4 is 10.6 Å². The van der Waals surface area contributed by atoms with Crippen LogP contribution in [-0.4, -0.2) is 27.1 Å². The Hall–Kier alpha value is -2.96. The molecule has 0 fully saturated rings. The van der Waals surface area contributed by atoms with Crippen molar-refractivity contribution in [2.75, 3.05) is 5.32 Å². The number of nitrogens with zero attached hydrogens (tertiary/aromatic N) is 2. The van der Waals surface area contributed by atoms with Gasteiger partial charge in [-0.15, -0.1) is 0 Å². The molecule has 2 rings (SSSR count). The van der Waals surface area contributed by atoms with Crippen LogP contribution in [0, 0.1) is 0 Å². The second-order valence-electron chi connectivity index (χ2n) is 3.88. The lowest BCUT2D eigenvalue weighted by molar-refractivity contribution is 0.0697. The quantitative estimate of drug-likeness (QED) is 0.782. The molecule has 2 aromatic rings. The highest BCUT2D eigenvalue weighted by Gasteiger charge is 2.04. The maximum absolute atomic E-state index is 11.6. The minimum Gasteiger partial charge on any atom is -0.478 e. The van der Waals surface area contributed by atoms with Crippen LogP contribution in [0.3, 0.4) is 0 Å². The number of nitrogens with one attached hydrogen (secondary N) is 2. The molecule has 0 saturated carbocycles. The van der Waals surface area contributed by atoms with Crippen LogP contribution in [-0.2, 0) is 6.54 Å². The van der Waals surface area contributed by atoms with Gasteiger partial charge < -0.3 is 10.4 Å². The standard InChI is InChI=1S/C13H12N4O3/c18-11(19)10-4-2-9(3-5-10)8-16-13(20)17-12-14-6-1-7-15-12/h1-7H,8H2,(H,18,19)(H2,14,15,16,17,20). The summed E-state index contributed by atoms with van der Waals surface area (Å²) in [5.41, 5.74) is 0.995. The number of urea groups is 1. The molecule has 1 heterocycles. The van der Waals surface area contributed by atoms with Crippen LogP contribution >= 0.6 is 0 Å². The smallest absolute Gasteiger partial charge is 0.335 e. The first-order valence-corrected chi connectivity index (χ1v) is 5.79. The van der Waals surface area contributed by atoms with Gasteiger partial charge >= 0.3 is 12.0 Å². The van der Waals surface area contributed by atoms with Crippen molar-refractivity contribution in [2.24, 2.45) is 0 Å². The predicted octanol–water partition coefficient (Wildman–Crippen LogP) is 1.50. The second-order valence-corrected chi connectivity index (χ2v) is 3.88. The first kappa shape index (κ1) is 13.5. The van der Waals surface area contributed by atoms with Gasteiger partial charge in [0.2, 0.25) is 5.95 Å². The summed E-state index contributed by atoms with van der Waals surface area (Å²) in [7, 11) is 0. The van der Waals surface area contributed by atoms with Gasteiger partial charge in [0.05, 0.1) is 5.56 Å². The zero-order valence-electron chi connectivity index (χ0n) is 10.4. The Balaban J connectivity index is 1.85. The van der Waals surface area contributed by atoms with Crippen molar-refractivity contribution in [1.29, 1.82) is 0 Å². The molecular weight excluding hydrogens is 260 g/mol. The molecule has 0 saturated heterocycles. The van der Waals surface area contributed by atoms with E-state index in [0.717, 1.165) is 5.56 Å². The molecule has 0 aliphatic carbocycles. The van der Waals surface area contributed by atoms with E-state index in [1.165, 1.54) is 24.5 Å². The lowest BCUT2D eigenvalue weighted by atomic mass is 10.1. The third-order valence-electron chi connectivity index (χ3n) is 2.45. The van der Waals surface area contributed by atoms with Gasteiger partial charge in [-0.2, -0.15) is 0 Å². The van der Waals surface area contributed by atoms with Gasteiger partial charge in [0.1, 0.15) is 0 Å². The molecule has 0 atom stereocenters. The van der Waals surface area contributed by atoms with Gasteiger partial charge in [0, 0.05) is 18.9 Å². The Kier molecular flexibility index (Phi) is 4.23. The maximum atomic E-state index is 11.6. The summed E-state index contributed by atoms with van der Waals surface area (Å²) in [4.78, 5) is 30.0. The summed E-state index contributed by atoms with van der Waals surface area (Å²) < 4.78 is 0. The maximum Gasteiger partial charge on any atom is 0.335 e. The molecule has 1 aromatic heterocycles. The molecule has 0 radical (unpaired) electrons. The largest absolute Gasteiger partial charge is 0.478 e. The number of hydrogen-bond acceptors (Lipinski definition) is 4. The van der Waals surface area contributed by atoms with Crippen molar-refractivity contribution in [1.82, 2.24) is 15.3 Å². The summed E-state index contributed by atoms with van der Waals surface area (Å²) in [6.45, 7) is 0.276. The van der Waals surface area contributed by atoms with Gasteiger partial charge in [-0.05, 0) is 23.8 Å². The molecule has 20 heavy (non-hydrogen) atoms. The van der Waals surface area contributed by atoms with Gasteiger partial charge in [0.25, 0.3) is 0 Å². The van der Waals surface area contributed by atoms with Crippen LogP contribution in [0.1, 0.15) is 15.9 Å². The Labute approximate surface area is 114 Å². The van der Waals surface area contributed by atoms with Crippen molar-refractivity contribution in [3.63, 3.8) is 0 Å². The number of carboxylic acid groups (broad SMARTS) is 1. The monoisotopic (exact) mass is 272 g/mol. The van der Waals surface area contributed by atoms with E-state index < -0.39 is 12.0 Å². The number of hydrogen-bond donors (Lipinski definition) is 3. The fourth-order valence-corrected chi connectivity index (χ4v) is 1.46. The number of amides is 2. The fraction of sp³-hybridized carbons (Fsp3) is 0.0769. The van der Waals surface area contributed by atoms with E-state index >= 15 is 0 Å². The van der Waals surface area contributed by atoms with Crippen LogP contribution in [0.4, 0.5) is 10.7 Å². The normalized spacial score (nSPS) is 9.80. The minimum absolute atomic E-state index is 0.205. The fourth-order valence-electron chi connectivity index (χ4n) is 1.46. The molecule has 0 spiro atoms. The Bertz CT molecular complexity index is 599. The van der Waals surface area contributed by atoms with Crippen LogP contribution in [0.5, 0.6) is 0 Å². The van der Waals surface area contributed by atoms with Gasteiger partial charge in [-0.25, -0.2) is 19.6 Å². The zero-order valence-corrected chi connectivity index (χ0v) is 10.4. The molecule has 2 amide bonds. The van der Waals surface area contributed by atoms with E-state index in [-0.39, 0.29) is 18.1 Å². The van der Waals surface area contributed by atoms with Crippen molar-refractivity contribution >= 4 is 17.9 Å². The molecule has 0 unspecified atom stereocenters. The molecule has 3 N–H and O–H groups in total. The van der Waals surface area contributed by atoms with E-state index in [1.807, 2.05) is 0 Å². The number of carbonyl (C=O) groups is 2. The third kappa shape index (κ3) is 3.77. The van der Waals surface area contributed by atoms with E-state index in [9.17, 15) is 9.59 Å².